The summed E-state index contributed by atoms with van der Waals surface area (Å²) >= 11 is 0. The van der Waals surface area contributed by atoms with Crippen LogP contribution < -0.4 is 9.47 Å². The fraction of sp³-hybridized carbons (Fsp3) is 0.289. The average Bonchev–Trinajstić information content (AvgIpc) is 3.63. The number of benzene rings is 4. The van der Waals surface area contributed by atoms with Crippen LogP contribution in [0.5, 0.6) is 17.2 Å². The Morgan fingerprint density at radius 3 is 1.51 bits per heavy atom. The number of para-hydroxylation sites is 1. The molecule has 208 valence electrons. The Morgan fingerprint density at radius 1 is 0.585 bits per heavy atom. The maximum absolute atomic E-state index is 12.8. The second kappa shape index (κ2) is 10.7. The van der Waals surface area contributed by atoms with E-state index in [1.165, 1.54) is 22.3 Å². The number of allylic oxidation sites excluding steroid dienone is 2. The maximum Gasteiger partial charge on any atom is 0.314 e. The minimum Gasteiger partial charge on any atom is -0.457 e. The lowest BCUT2D eigenvalue weighted by molar-refractivity contribution is -0.139. The van der Waals surface area contributed by atoms with Gasteiger partial charge in [-0.3, -0.25) is 4.79 Å². The summed E-state index contributed by atoms with van der Waals surface area (Å²) in [7, 11) is 0. The van der Waals surface area contributed by atoms with Crippen molar-refractivity contribution in [1.29, 1.82) is 0 Å². The number of hydrogen-bond acceptors (Lipinski definition) is 3. The Kier molecular flexibility index (Phi) is 7.07. The van der Waals surface area contributed by atoms with Crippen molar-refractivity contribution in [2.24, 2.45) is 17.8 Å². The number of fused-ring (bicyclic) bond motifs is 2. The van der Waals surface area contributed by atoms with Crippen LogP contribution in [-0.4, -0.2) is 5.97 Å². The van der Waals surface area contributed by atoms with Crippen LogP contribution in [0.15, 0.2) is 115 Å². The summed E-state index contributed by atoms with van der Waals surface area (Å²) in [5, 5.41) is 0. The standard InChI is InChI=1S/C38H38O3/c1-37(2,30-16-20-33(21-17-30)40-32-8-6-5-7-9-32)28-12-14-29(15-13-28)38(3,4)31-18-22-34(23-19-31)41-36(39)35-25-26-10-11-27(35)24-26/h5-23,26-27,35H,24-25H2,1-4H3. The van der Waals surface area contributed by atoms with Crippen molar-refractivity contribution in [3.8, 4) is 17.2 Å². The predicted octanol–water partition coefficient (Wildman–Crippen LogP) is 9.25. The molecule has 0 N–H and O–H groups in total. The molecule has 0 radical (unpaired) electrons. The van der Waals surface area contributed by atoms with Gasteiger partial charge in [-0.15, -0.1) is 0 Å². The van der Waals surface area contributed by atoms with Crippen LogP contribution in [0.2, 0.25) is 0 Å². The van der Waals surface area contributed by atoms with Gasteiger partial charge in [0.25, 0.3) is 0 Å². The van der Waals surface area contributed by atoms with Gasteiger partial charge >= 0.3 is 5.97 Å². The second-order valence-corrected chi connectivity index (χ2v) is 12.6. The molecule has 3 unspecified atom stereocenters. The van der Waals surface area contributed by atoms with Gasteiger partial charge in [0.15, 0.2) is 0 Å². The summed E-state index contributed by atoms with van der Waals surface area (Å²) in [5.41, 5.74) is 4.55. The van der Waals surface area contributed by atoms with Gasteiger partial charge < -0.3 is 9.47 Å². The van der Waals surface area contributed by atoms with Crippen LogP contribution in [-0.2, 0) is 15.6 Å². The molecule has 0 saturated heterocycles. The molecule has 6 rings (SSSR count). The van der Waals surface area contributed by atoms with Crippen molar-refractivity contribution >= 4 is 5.97 Å². The van der Waals surface area contributed by atoms with E-state index in [0.717, 1.165) is 24.3 Å². The molecule has 2 aliphatic carbocycles. The van der Waals surface area contributed by atoms with Crippen LogP contribution in [0, 0.1) is 17.8 Å². The fourth-order valence-electron chi connectivity index (χ4n) is 6.38. The predicted molar refractivity (Wildman–Crippen MR) is 165 cm³/mol. The summed E-state index contributed by atoms with van der Waals surface area (Å²) < 4.78 is 11.8. The highest BCUT2D eigenvalue weighted by molar-refractivity contribution is 5.76. The quantitative estimate of drug-likeness (QED) is 0.126. The minimum atomic E-state index is -0.197. The van der Waals surface area contributed by atoms with Gasteiger partial charge in [0.2, 0.25) is 0 Å². The van der Waals surface area contributed by atoms with E-state index in [1.54, 1.807) is 0 Å². The monoisotopic (exact) mass is 542 g/mol. The van der Waals surface area contributed by atoms with Crippen LogP contribution in [0.3, 0.4) is 0 Å². The van der Waals surface area contributed by atoms with E-state index in [9.17, 15) is 4.79 Å². The van der Waals surface area contributed by atoms with E-state index in [-0.39, 0.29) is 22.7 Å². The van der Waals surface area contributed by atoms with Gasteiger partial charge in [0.1, 0.15) is 17.2 Å². The zero-order valence-corrected chi connectivity index (χ0v) is 24.3. The van der Waals surface area contributed by atoms with Crippen LogP contribution >= 0.6 is 0 Å². The summed E-state index contributed by atoms with van der Waals surface area (Å²) in [6.07, 6.45) is 6.46. The van der Waals surface area contributed by atoms with E-state index in [4.69, 9.17) is 9.47 Å². The molecule has 1 fully saturated rings. The Balaban J connectivity index is 1.12. The highest BCUT2D eigenvalue weighted by Crippen LogP contribution is 2.44. The minimum absolute atomic E-state index is 0.00411. The van der Waals surface area contributed by atoms with Crippen LogP contribution in [0.25, 0.3) is 0 Å². The van der Waals surface area contributed by atoms with Crippen molar-refractivity contribution in [3.05, 3.63) is 138 Å². The first-order valence-corrected chi connectivity index (χ1v) is 14.7. The number of rotatable bonds is 8. The molecule has 2 bridgehead atoms. The van der Waals surface area contributed by atoms with Crippen molar-refractivity contribution in [3.63, 3.8) is 0 Å². The topological polar surface area (TPSA) is 35.5 Å². The van der Waals surface area contributed by atoms with E-state index in [1.807, 2.05) is 54.6 Å². The van der Waals surface area contributed by atoms with Gasteiger partial charge in [-0.05, 0) is 83.3 Å². The van der Waals surface area contributed by atoms with Gasteiger partial charge in [0, 0.05) is 10.8 Å². The third kappa shape index (κ3) is 5.46. The normalized spacial score (nSPS) is 19.8. The van der Waals surface area contributed by atoms with Gasteiger partial charge in [-0.25, -0.2) is 0 Å². The van der Waals surface area contributed by atoms with E-state index in [2.05, 4.69) is 88.4 Å². The number of hydrogen-bond donors (Lipinski definition) is 0. The fourth-order valence-corrected chi connectivity index (χ4v) is 6.38. The van der Waals surface area contributed by atoms with Gasteiger partial charge in [-0.2, -0.15) is 0 Å². The Hall–Kier alpha value is -4.11. The lowest BCUT2D eigenvalue weighted by Crippen LogP contribution is -2.24. The van der Waals surface area contributed by atoms with Crippen molar-refractivity contribution in [2.75, 3.05) is 0 Å². The SMILES string of the molecule is CC(C)(c1ccc(OC(=O)C2CC3C=CC2C3)cc1)c1ccc(C(C)(C)c2ccc(Oc3ccccc3)cc2)cc1. The smallest absolute Gasteiger partial charge is 0.314 e. The summed E-state index contributed by atoms with van der Waals surface area (Å²) in [4.78, 5) is 12.8. The highest BCUT2D eigenvalue weighted by Gasteiger charge is 2.41. The molecular formula is C38H38O3. The summed E-state index contributed by atoms with van der Waals surface area (Å²) in [6.45, 7) is 8.99. The largest absolute Gasteiger partial charge is 0.457 e. The third-order valence-electron chi connectivity index (χ3n) is 9.26. The maximum atomic E-state index is 12.8. The molecule has 0 aromatic heterocycles. The van der Waals surface area contributed by atoms with Crippen LogP contribution in [0.1, 0.15) is 62.8 Å². The highest BCUT2D eigenvalue weighted by atomic mass is 16.5. The Labute approximate surface area is 243 Å². The van der Waals surface area contributed by atoms with E-state index >= 15 is 0 Å². The first-order valence-electron chi connectivity index (χ1n) is 14.7. The molecule has 41 heavy (non-hydrogen) atoms. The first-order chi connectivity index (χ1) is 19.7. The molecule has 4 aromatic carbocycles. The molecule has 0 aliphatic heterocycles. The third-order valence-corrected chi connectivity index (χ3v) is 9.26. The molecule has 0 heterocycles. The van der Waals surface area contributed by atoms with Crippen LogP contribution in [0.4, 0.5) is 0 Å². The van der Waals surface area contributed by atoms with E-state index < -0.39 is 0 Å². The molecule has 1 saturated carbocycles. The molecule has 3 nitrogen and oxygen atoms in total. The van der Waals surface area contributed by atoms with Crippen molar-refractivity contribution in [1.82, 2.24) is 0 Å². The molecule has 4 aromatic rings. The van der Waals surface area contributed by atoms with Gasteiger partial charge in [0.05, 0.1) is 5.92 Å². The summed E-state index contributed by atoms with van der Waals surface area (Å²) in [6, 6.07) is 35.2. The Bertz CT molecular complexity index is 1530. The zero-order valence-electron chi connectivity index (χ0n) is 24.3. The lowest BCUT2D eigenvalue weighted by atomic mass is 9.74. The molecular weight excluding hydrogens is 504 g/mol. The number of esters is 1. The lowest BCUT2D eigenvalue weighted by Gasteiger charge is -2.29. The number of carbonyl (C=O) groups excluding carboxylic acids is 1. The first kappa shape index (κ1) is 27.1. The average molecular weight is 543 g/mol. The van der Waals surface area contributed by atoms with Crippen molar-refractivity contribution in [2.45, 2.75) is 51.4 Å². The van der Waals surface area contributed by atoms with Crippen molar-refractivity contribution < 1.29 is 14.3 Å². The molecule has 0 spiro atoms. The second-order valence-electron chi connectivity index (χ2n) is 12.6. The number of ether oxygens (including phenoxy) is 2. The zero-order chi connectivity index (χ0) is 28.6. The molecule has 3 heteroatoms. The molecule has 2 aliphatic rings. The van der Waals surface area contributed by atoms with Gasteiger partial charge in [-0.1, -0.05) is 107 Å². The summed E-state index contributed by atoms with van der Waals surface area (Å²) in [5.74, 6) is 3.11. The Morgan fingerprint density at radius 2 is 1.05 bits per heavy atom. The number of carbonyl (C=O) groups is 1. The molecule has 0 amide bonds. The van der Waals surface area contributed by atoms with E-state index in [0.29, 0.717) is 17.6 Å². The molecule has 3 atom stereocenters.